The number of nitrogens with zero attached hydrogens (tertiary/aromatic N) is 1. The molecule has 0 spiro atoms. The first kappa shape index (κ1) is 12.5. The van der Waals surface area contributed by atoms with Crippen molar-refractivity contribution in [2.75, 3.05) is 0 Å². The van der Waals surface area contributed by atoms with E-state index in [2.05, 4.69) is 65.1 Å². The number of thioether (sulfide) groups is 1. The Bertz CT molecular complexity index is 812. The Balaban J connectivity index is 1.61. The Morgan fingerprint density at radius 3 is 2.43 bits per heavy atom. The van der Waals surface area contributed by atoms with Crippen molar-refractivity contribution in [3.8, 4) is 0 Å². The highest BCUT2D eigenvalue weighted by Gasteiger charge is 2.21. The summed E-state index contributed by atoms with van der Waals surface area (Å²) >= 11 is 1.76. The second kappa shape index (κ2) is 5.26. The lowest BCUT2D eigenvalue weighted by Gasteiger charge is -2.10. The third-order valence-electron chi connectivity index (χ3n) is 3.61. The summed E-state index contributed by atoms with van der Waals surface area (Å²) in [6, 6.07) is 25.3. The highest BCUT2D eigenvalue weighted by atomic mass is 32.2. The predicted molar refractivity (Wildman–Crippen MR) is 90.4 cm³/mol. The molecule has 0 bridgehead atoms. The van der Waals surface area contributed by atoms with Crippen LogP contribution in [-0.2, 0) is 0 Å². The average molecular weight is 290 g/mol. The van der Waals surface area contributed by atoms with Crippen molar-refractivity contribution in [1.82, 2.24) is 5.43 Å². The Kier molecular flexibility index (Phi) is 3.13. The van der Waals surface area contributed by atoms with Gasteiger partial charge in [0.15, 0.2) is 0 Å². The van der Waals surface area contributed by atoms with Crippen LogP contribution in [0.15, 0.2) is 77.9 Å². The van der Waals surface area contributed by atoms with Crippen molar-refractivity contribution >= 4 is 27.6 Å². The number of fused-ring (bicyclic) bond motifs is 1. The minimum absolute atomic E-state index is 0.185. The van der Waals surface area contributed by atoms with Crippen LogP contribution in [0, 0.1) is 0 Å². The van der Waals surface area contributed by atoms with E-state index >= 15 is 0 Å². The van der Waals surface area contributed by atoms with E-state index in [1.807, 2.05) is 18.2 Å². The highest BCUT2D eigenvalue weighted by Crippen LogP contribution is 2.35. The van der Waals surface area contributed by atoms with Crippen molar-refractivity contribution in [2.45, 2.75) is 5.37 Å². The van der Waals surface area contributed by atoms with E-state index in [-0.39, 0.29) is 5.37 Å². The molecule has 1 unspecified atom stereocenters. The van der Waals surface area contributed by atoms with E-state index in [4.69, 9.17) is 0 Å². The molecule has 1 N–H and O–H groups in total. The number of hydrogen-bond donors (Lipinski definition) is 1. The Hall–Kier alpha value is -2.26. The summed E-state index contributed by atoms with van der Waals surface area (Å²) < 4.78 is 0. The van der Waals surface area contributed by atoms with E-state index in [0.717, 1.165) is 5.04 Å². The van der Waals surface area contributed by atoms with Crippen LogP contribution in [0.1, 0.15) is 16.5 Å². The summed E-state index contributed by atoms with van der Waals surface area (Å²) in [6.45, 7) is 0. The predicted octanol–water partition coefficient (Wildman–Crippen LogP) is 4.54. The van der Waals surface area contributed by atoms with Crippen LogP contribution in [-0.4, -0.2) is 5.04 Å². The van der Waals surface area contributed by atoms with Gasteiger partial charge in [0, 0.05) is 5.56 Å². The van der Waals surface area contributed by atoms with Gasteiger partial charge in [0.05, 0.1) is 0 Å². The molecule has 1 aliphatic rings. The second-order valence-electron chi connectivity index (χ2n) is 5.02. The van der Waals surface area contributed by atoms with Crippen LogP contribution in [0.2, 0.25) is 0 Å². The van der Waals surface area contributed by atoms with Gasteiger partial charge in [-0.2, -0.15) is 5.10 Å². The number of rotatable bonds is 2. The summed E-state index contributed by atoms with van der Waals surface area (Å²) in [5.74, 6) is 0. The molecule has 3 aromatic carbocycles. The van der Waals surface area contributed by atoms with E-state index in [1.54, 1.807) is 11.8 Å². The average Bonchev–Trinajstić information content (AvgIpc) is 3.05. The third-order valence-corrected chi connectivity index (χ3v) is 4.77. The quantitative estimate of drug-likeness (QED) is 0.749. The Labute approximate surface area is 127 Å². The van der Waals surface area contributed by atoms with Gasteiger partial charge in [-0.1, -0.05) is 78.5 Å². The maximum Gasteiger partial charge on any atom is 0.126 e. The van der Waals surface area contributed by atoms with Gasteiger partial charge in [-0.15, -0.1) is 0 Å². The number of hydrogen-bond acceptors (Lipinski definition) is 3. The van der Waals surface area contributed by atoms with Crippen molar-refractivity contribution in [2.24, 2.45) is 5.10 Å². The van der Waals surface area contributed by atoms with E-state index < -0.39 is 0 Å². The highest BCUT2D eigenvalue weighted by molar-refractivity contribution is 8.14. The molecule has 0 fully saturated rings. The molecule has 1 heterocycles. The van der Waals surface area contributed by atoms with Crippen LogP contribution in [0.5, 0.6) is 0 Å². The SMILES string of the molecule is c1ccc(C2=NNC(c3ccc4ccccc4c3)S2)cc1. The molecule has 0 radical (unpaired) electrons. The maximum absolute atomic E-state index is 4.47. The summed E-state index contributed by atoms with van der Waals surface area (Å²) in [4.78, 5) is 0. The molecule has 21 heavy (non-hydrogen) atoms. The monoisotopic (exact) mass is 290 g/mol. The van der Waals surface area contributed by atoms with Gasteiger partial charge >= 0.3 is 0 Å². The molecular weight excluding hydrogens is 276 g/mol. The standard InChI is InChI=1S/C18H14N2S/c1-2-7-14(8-3-1)17-19-20-18(21-17)16-11-10-13-6-4-5-9-15(13)12-16/h1-12,18,20H. The summed E-state index contributed by atoms with van der Waals surface area (Å²) in [5.41, 5.74) is 5.66. The number of nitrogens with one attached hydrogen (secondary N) is 1. The zero-order valence-electron chi connectivity index (χ0n) is 11.4. The summed E-state index contributed by atoms with van der Waals surface area (Å²) in [5, 5.41) is 8.25. The molecule has 3 aromatic rings. The van der Waals surface area contributed by atoms with E-state index in [0.29, 0.717) is 0 Å². The lowest BCUT2D eigenvalue weighted by Crippen LogP contribution is -2.06. The maximum atomic E-state index is 4.47. The normalized spacial score (nSPS) is 17.5. The lowest BCUT2D eigenvalue weighted by atomic mass is 10.1. The van der Waals surface area contributed by atoms with Crippen LogP contribution in [0.25, 0.3) is 10.8 Å². The van der Waals surface area contributed by atoms with Crippen LogP contribution in [0.4, 0.5) is 0 Å². The molecule has 0 saturated heterocycles. The molecule has 102 valence electrons. The van der Waals surface area contributed by atoms with Gasteiger partial charge < -0.3 is 0 Å². The zero-order valence-corrected chi connectivity index (χ0v) is 12.2. The van der Waals surface area contributed by atoms with E-state index in [9.17, 15) is 0 Å². The fourth-order valence-corrected chi connectivity index (χ4v) is 3.50. The summed E-state index contributed by atoms with van der Waals surface area (Å²) in [7, 11) is 0. The molecule has 1 atom stereocenters. The smallest absolute Gasteiger partial charge is 0.126 e. The lowest BCUT2D eigenvalue weighted by molar-refractivity contribution is 0.744. The fraction of sp³-hybridized carbons (Fsp3) is 0.0556. The molecule has 4 rings (SSSR count). The van der Waals surface area contributed by atoms with Crippen LogP contribution in [0.3, 0.4) is 0 Å². The molecule has 0 aromatic heterocycles. The van der Waals surface area contributed by atoms with Gasteiger partial charge in [-0.3, -0.25) is 5.43 Å². The van der Waals surface area contributed by atoms with Gasteiger partial charge in [-0.05, 0) is 22.4 Å². The van der Waals surface area contributed by atoms with Gasteiger partial charge in [0.2, 0.25) is 0 Å². The van der Waals surface area contributed by atoms with Gasteiger partial charge in [0.1, 0.15) is 10.4 Å². The minimum Gasteiger partial charge on any atom is -0.291 e. The molecule has 2 nitrogen and oxygen atoms in total. The van der Waals surface area contributed by atoms with Crippen molar-refractivity contribution in [1.29, 1.82) is 0 Å². The Morgan fingerprint density at radius 2 is 1.57 bits per heavy atom. The minimum atomic E-state index is 0.185. The topological polar surface area (TPSA) is 24.4 Å². The van der Waals surface area contributed by atoms with Crippen molar-refractivity contribution in [3.63, 3.8) is 0 Å². The molecule has 0 aliphatic carbocycles. The number of hydrazone groups is 1. The molecule has 3 heteroatoms. The first-order chi connectivity index (χ1) is 10.4. The first-order valence-corrected chi connectivity index (χ1v) is 7.82. The Morgan fingerprint density at radius 1 is 0.810 bits per heavy atom. The molecule has 1 aliphatic heterocycles. The number of benzene rings is 3. The molecule has 0 amide bonds. The van der Waals surface area contributed by atoms with Crippen LogP contribution >= 0.6 is 11.8 Å². The zero-order chi connectivity index (χ0) is 14.1. The van der Waals surface area contributed by atoms with Gasteiger partial charge in [-0.25, -0.2) is 0 Å². The fourth-order valence-electron chi connectivity index (χ4n) is 2.51. The largest absolute Gasteiger partial charge is 0.291 e. The van der Waals surface area contributed by atoms with Crippen molar-refractivity contribution < 1.29 is 0 Å². The second-order valence-corrected chi connectivity index (χ2v) is 6.11. The van der Waals surface area contributed by atoms with Crippen LogP contribution < -0.4 is 5.43 Å². The molecule has 0 saturated carbocycles. The van der Waals surface area contributed by atoms with Crippen molar-refractivity contribution in [3.05, 3.63) is 83.9 Å². The summed E-state index contributed by atoms with van der Waals surface area (Å²) in [6.07, 6.45) is 0. The van der Waals surface area contributed by atoms with Gasteiger partial charge in [0.25, 0.3) is 0 Å². The first-order valence-electron chi connectivity index (χ1n) is 6.94. The molecular formula is C18H14N2S. The van der Waals surface area contributed by atoms with E-state index in [1.165, 1.54) is 21.9 Å². The third kappa shape index (κ3) is 2.41.